The van der Waals surface area contributed by atoms with Crippen LogP contribution in [-0.2, 0) is 4.74 Å². The summed E-state index contributed by atoms with van der Waals surface area (Å²) in [5.74, 6) is 0. The quantitative estimate of drug-likeness (QED) is 0.596. The molecule has 0 bridgehead atoms. The molecule has 0 aromatic heterocycles. The summed E-state index contributed by atoms with van der Waals surface area (Å²) in [7, 11) is 0. The van der Waals surface area contributed by atoms with Crippen molar-refractivity contribution >= 4 is 0 Å². The molecular weight excluding hydrogens is 169 g/mol. The molecule has 4 heteroatoms. The standard InChI is InChI=1S/C8H15F3O/c1-7(2)12-6-4-3-5-8(9,10)11/h7H,3-6H2,1-2H3. The van der Waals surface area contributed by atoms with E-state index in [2.05, 4.69) is 0 Å². The number of hydrogen-bond donors (Lipinski definition) is 0. The Morgan fingerprint density at radius 3 is 2.17 bits per heavy atom. The molecule has 0 unspecified atom stereocenters. The van der Waals surface area contributed by atoms with Crippen molar-refractivity contribution in [2.24, 2.45) is 0 Å². The molecule has 0 radical (unpaired) electrons. The lowest BCUT2D eigenvalue weighted by Gasteiger charge is -2.08. The Morgan fingerprint density at radius 2 is 1.75 bits per heavy atom. The fraction of sp³-hybridized carbons (Fsp3) is 1.00. The molecule has 0 saturated heterocycles. The number of ether oxygens (including phenoxy) is 1. The van der Waals surface area contributed by atoms with Gasteiger partial charge in [-0.3, -0.25) is 0 Å². The van der Waals surface area contributed by atoms with Gasteiger partial charge in [0.25, 0.3) is 0 Å². The van der Waals surface area contributed by atoms with Gasteiger partial charge in [-0.15, -0.1) is 0 Å². The zero-order valence-electron chi connectivity index (χ0n) is 7.45. The molecule has 0 aliphatic heterocycles. The first kappa shape index (κ1) is 11.8. The monoisotopic (exact) mass is 184 g/mol. The minimum atomic E-state index is -4.02. The van der Waals surface area contributed by atoms with E-state index in [1.54, 1.807) is 0 Å². The molecule has 1 nitrogen and oxygen atoms in total. The molecule has 0 aliphatic rings. The predicted octanol–water partition coefficient (Wildman–Crippen LogP) is 3.14. The van der Waals surface area contributed by atoms with Gasteiger partial charge >= 0.3 is 6.18 Å². The number of alkyl halides is 3. The summed E-state index contributed by atoms with van der Waals surface area (Å²) in [5, 5.41) is 0. The van der Waals surface area contributed by atoms with Crippen LogP contribution < -0.4 is 0 Å². The predicted molar refractivity (Wildman–Crippen MR) is 41.0 cm³/mol. The van der Waals surface area contributed by atoms with Gasteiger partial charge in [0.05, 0.1) is 6.10 Å². The third-order valence-electron chi connectivity index (χ3n) is 1.31. The van der Waals surface area contributed by atoms with Crippen LogP contribution in [0.2, 0.25) is 0 Å². The highest BCUT2D eigenvalue weighted by atomic mass is 19.4. The van der Waals surface area contributed by atoms with Gasteiger partial charge in [-0.05, 0) is 26.7 Å². The second kappa shape index (κ2) is 5.41. The van der Waals surface area contributed by atoms with Crippen molar-refractivity contribution in [2.45, 2.75) is 45.4 Å². The lowest BCUT2D eigenvalue weighted by atomic mass is 10.2. The summed E-state index contributed by atoms with van der Waals surface area (Å²) in [6.45, 7) is 4.15. The Bertz CT molecular complexity index is 109. The van der Waals surface area contributed by atoms with Crippen LogP contribution in [0.3, 0.4) is 0 Å². The molecule has 0 spiro atoms. The Morgan fingerprint density at radius 1 is 1.17 bits per heavy atom. The van der Waals surface area contributed by atoms with Crippen molar-refractivity contribution < 1.29 is 17.9 Å². The molecule has 0 atom stereocenters. The van der Waals surface area contributed by atoms with Crippen LogP contribution in [0.4, 0.5) is 13.2 Å². The molecule has 12 heavy (non-hydrogen) atoms. The molecule has 0 N–H and O–H groups in total. The molecular formula is C8H15F3O. The maximum Gasteiger partial charge on any atom is 0.389 e. The maximum absolute atomic E-state index is 11.6. The van der Waals surface area contributed by atoms with Gasteiger partial charge in [0.2, 0.25) is 0 Å². The van der Waals surface area contributed by atoms with Crippen LogP contribution in [0, 0.1) is 0 Å². The largest absolute Gasteiger partial charge is 0.389 e. The Hall–Kier alpha value is -0.250. The third-order valence-corrected chi connectivity index (χ3v) is 1.31. The van der Waals surface area contributed by atoms with Crippen LogP contribution in [0.15, 0.2) is 0 Å². The van der Waals surface area contributed by atoms with Gasteiger partial charge in [0.1, 0.15) is 0 Å². The highest BCUT2D eigenvalue weighted by Gasteiger charge is 2.25. The summed E-state index contributed by atoms with van der Waals surface area (Å²) in [4.78, 5) is 0. The summed E-state index contributed by atoms with van der Waals surface area (Å²) < 4.78 is 39.9. The first-order chi connectivity index (χ1) is 5.42. The van der Waals surface area contributed by atoms with E-state index in [0.29, 0.717) is 13.0 Å². The summed E-state index contributed by atoms with van der Waals surface area (Å²) in [5.41, 5.74) is 0. The molecule has 0 aromatic rings. The molecule has 0 aliphatic carbocycles. The number of halogens is 3. The van der Waals surface area contributed by atoms with Gasteiger partial charge in [-0.25, -0.2) is 0 Å². The molecule has 0 heterocycles. The zero-order valence-corrected chi connectivity index (χ0v) is 7.45. The van der Waals surface area contributed by atoms with Gasteiger partial charge in [-0.2, -0.15) is 13.2 Å². The zero-order chi connectivity index (χ0) is 9.61. The minimum absolute atomic E-state index is 0.107. The Labute approximate surface area is 70.9 Å². The van der Waals surface area contributed by atoms with Gasteiger partial charge < -0.3 is 4.74 Å². The molecule has 0 rings (SSSR count). The number of hydrogen-bond acceptors (Lipinski definition) is 1. The fourth-order valence-electron chi connectivity index (χ4n) is 0.747. The lowest BCUT2D eigenvalue weighted by Crippen LogP contribution is -2.08. The lowest BCUT2D eigenvalue weighted by molar-refractivity contribution is -0.136. The highest BCUT2D eigenvalue weighted by molar-refractivity contribution is 4.50. The summed E-state index contributed by atoms with van der Waals surface area (Å²) in [6, 6.07) is 0. The second-order valence-corrected chi connectivity index (χ2v) is 2.99. The SMILES string of the molecule is CC(C)OCCCCC(F)(F)F. The van der Waals surface area contributed by atoms with E-state index < -0.39 is 12.6 Å². The van der Waals surface area contributed by atoms with Gasteiger partial charge in [0, 0.05) is 13.0 Å². The third kappa shape index (κ3) is 9.75. The first-order valence-corrected chi connectivity index (χ1v) is 4.10. The van der Waals surface area contributed by atoms with Crippen molar-refractivity contribution in [1.29, 1.82) is 0 Å². The average Bonchev–Trinajstić information content (AvgIpc) is 1.83. The van der Waals surface area contributed by atoms with Crippen molar-refractivity contribution in [3.8, 4) is 0 Å². The minimum Gasteiger partial charge on any atom is -0.379 e. The second-order valence-electron chi connectivity index (χ2n) is 2.99. The summed E-state index contributed by atoms with van der Waals surface area (Å²) >= 11 is 0. The van der Waals surface area contributed by atoms with E-state index in [1.165, 1.54) is 0 Å². The average molecular weight is 184 g/mol. The summed E-state index contributed by atoms with van der Waals surface area (Å²) in [6.07, 6.45) is -3.96. The first-order valence-electron chi connectivity index (χ1n) is 4.10. The highest BCUT2D eigenvalue weighted by Crippen LogP contribution is 2.21. The van der Waals surface area contributed by atoms with E-state index >= 15 is 0 Å². The molecule has 0 saturated carbocycles. The van der Waals surface area contributed by atoms with Crippen molar-refractivity contribution in [3.63, 3.8) is 0 Å². The van der Waals surface area contributed by atoms with E-state index in [4.69, 9.17) is 4.74 Å². The van der Waals surface area contributed by atoms with Crippen LogP contribution in [-0.4, -0.2) is 18.9 Å². The topological polar surface area (TPSA) is 9.23 Å². The Kier molecular flexibility index (Phi) is 5.29. The molecule has 74 valence electrons. The van der Waals surface area contributed by atoms with E-state index in [1.807, 2.05) is 13.8 Å². The normalized spacial score (nSPS) is 12.5. The molecule has 0 fully saturated rings. The maximum atomic E-state index is 11.6. The van der Waals surface area contributed by atoms with Crippen LogP contribution in [0.5, 0.6) is 0 Å². The van der Waals surface area contributed by atoms with Crippen molar-refractivity contribution in [1.82, 2.24) is 0 Å². The van der Waals surface area contributed by atoms with Crippen LogP contribution >= 0.6 is 0 Å². The van der Waals surface area contributed by atoms with Crippen molar-refractivity contribution in [3.05, 3.63) is 0 Å². The van der Waals surface area contributed by atoms with Crippen LogP contribution in [0.25, 0.3) is 0 Å². The molecule has 0 aromatic carbocycles. The van der Waals surface area contributed by atoms with E-state index in [0.717, 1.165) is 0 Å². The fourth-order valence-corrected chi connectivity index (χ4v) is 0.747. The molecule has 0 amide bonds. The van der Waals surface area contributed by atoms with Gasteiger partial charge in [-0.1, -0.05) is 0 Å². The number of rotatable bonds is 5. The van der Waals surface area contributed by atoms with Crippen molar-refractivity contribution in [2.75, 3.05) is 6.61 Å². The van der Waals surface area contributed by atoms with E-state index in [-0.39, 0.29) is 12.5 Å². The number of unbranched alkanes of at least 4 members (excludes halogenated alkanes) is 1. The Balaban J connectivity index is 3.12. The van der Waals surface area contributed by atoms with E-state index in [9.17, 15) is 13.2 Å². The van der Waals surface area contributed by atoms with Crippen LogP contribution in [0.1, 0.15) is 33.1 Å². The smallest absolute Gasteiger partial charge is 0.379 e. The van der Waals surface area contributed by atoms with Gasteiger partial charge in [0.15, 0.2) is 0 Å².